The summed E-state index contributed by atoms with van der Waals surface area (Å²) in [4.78, 5) is 11.9. The molecule has 0 bridgehead atoms. The molecule has 0 aromatic heterocycles. The lowest BCUT2D eigenvalue weighted by Crippen LogP contribution is -2.35. The molecule has 0 fully saturated rings. The van der Waals surface area contributed by atoms with Gasteiger partial charge in [0.05, 0.1) is 15.6 Å². The first-order chi connectivity index (χ1) is 7.60. The van der Waals surface area contributed by atoms with E-state index < -0.39 is 0 Å². The van der Waals surface area contributed by atoms with Crippen LogP contribution in [0.5, 0.6) is 0 Å². The van der Waals surface area contributed by atoms with Crippen LogP contribution in [0.4, 0.5) is 0 Å². The Hall–Kier alpha value is -0.250. The van der Waals surface area contributed by atoms with E-state index in [2.05, 4.69) is 21.2 Å². The third kappa shape index (κ3) is 3.37. The van der Waals surface area contributed by atoms with Gasteiger partial charge in [-0.25, -0.2) is 0 Å². The molecule has 0 saturated carbocycles. The van der Waals surface area contributed by atoms with Crippen LogP contribution in [0.3, 0.4) is 0 Å². The molecule has 0 aliphatic rings. The maximum absolute atomic E-state index is 11.9. The van der Waals surface area contributed by atoms with Gasteiger partial charge in [0, 0.05) is 11.4 Å². The van der Waals surface area contributed by atoms with Crippen LogP contribution in [-0.2, 0) is 0 Å². The Bertz CT molecular complexity index is 380. The van der Waals surface area contributed by atoms with Crippen molar-refractivity contribution in [3.05, 3.63) is 33.8 Å². The maximum Gasteiger partial charge on any atom is 0.253 e. The number of halogens is 3. The van der Waals surface area contributed by atoms with E-state index in [9.17, 15) is 4.79 Å². The standard InChI is InChI=1S/C11H12BrCl2NO/c1-2-7(6-12)15-11(16)8-4-3-5-9(13)10(8)14/h3-5,7H,2,6H2,1H3,(H,15,16). The third-order valence-electron chi connectivity index (χ3n) is 2.21. The van der Waals surface area contributed by atoms with Gasteiger partial charge in [-0.15, -0.1) is 0 Å². The molecule has 2 nitrogen and oxygen atoms in total. The molecule has 5 heteroatoms. The molecule has 1 unspecified atom stereocenters. The lowest BCUT2D eigenvalue weighted by Gasteiger charge is -2.14. The molecule has 88 valence electrons. The van der Waals surface area contributed by atoms with Crippen LogP contribution in [0, 0.1) is 0 Å². The van der Waals surface area contributed by atoms with E-state index in [1.165, 1.54) is 0 Å². The first-order valence-electron chi connectivity index (χ1n) is 4.91. The molecular weight excluding hydrogens is 313 g/mol. The number of carbonyl (C=O) groups is 1. The highest BCUT2D eigenvalue weighted by molar-refractivity contribution is 9.09. The van der Waals surface area contributed by atoms with Crippen molar-refractivity contribution in [1.29, 1.82) is 0 Å². The normalized spacial score (nSPS) is 12.2. The summed E-state index contributed by atoms with van der Waals surface area (Å²) in [5.74, 6) is -0.196. The highest BCUT2D eigenvalue weighted by Crippen LogP contribution is 2.25. The van der Waals surface area contributed by atoms with Gasteiger partial charge in [-0.1, -0.05) is 52.1 Å². The molecule has 0 heterocycles. The van der Waals surface area contributed by atoms with E-state index in [1.54, 1.807) is 18.2 Å². The number of hydrogen-bond acceptors (Lipinski definition) is 1. The second-order valence-corrected chi connectivity index (χ2v) is 4.77. The monoisotopic (exact) mass is 323 g/mol. The van der Waals surface area contributed by atoms with Crippen LogP contribution in [-0.4, -0.2) is 17.3 Å². The Morgan fingerprint density at radius 2 is 2.19 bits per heavy atom. The predicted octanol–water partition coefficient (Wildman–Crippen LogP) is 3.90. The molecule has 0 aliphatic heterocycles. The highest BCUT2D eigenvalue weighted by atomic mass is 79.9. The molecular formula is C11H12BrCl2NO. The Labute approximate surface area is 113 Å². The first-order valence-corrected chi connectivity index (χ1v) is 6.78. The lowest BCUT2D eigenvalue weighted by molar-refractivity contribution is 0.0940. The quantitative estimate of drug-likeness (QED) is 0.836. The number of amides is 1. The zero-order valence-corrected chi connectivity index (χ0v) is 11.9. The number of carbonyl (C=O) groups excluding carboxylic acids is 1. The van der Waals surface area contributed by atoms with Crippen molar-refractivity contribution in [2.45, 2.75) is 19.4 Å². The average Bonchev–Trinajstić information content (AvgIpc) is 2.29. The SMILES string of the molecule is CCC(CBr)NC(=O)c1cccc(Cl)c1Cl. The molecule has 0 aliphatic carbocycles. The minimum Gasteiger partial charge on any atom is -0.348 e. The number of hydrogen-bond donors (Lipinski definition) is 1. The molecule has 16 heavy (non-hydrogen) atoms. The van der Waals surface area contributed by atoms with E-state index in [-0.39, 0.29) is 11.9 Å². The van der Waals surface area contributed by atoms with E-state index in [0.717, 1.165) is 6.42 Å². The topological polar surface area (TPSA) is 29.1 Å². The summed E-state index contributed by atoms with van der Waals surface area (Å²) in [5.41, 5.74) is 0.411. The van der Waals surface area contributed by atoms with Gasteiger partial charge in [-0.3, -0.25) is 4.79 Å². The van der Waals surface area contributed by atoms with Crippen molar-refractivity contribution in [2.24, 2.45) is 0 Å². The second-order valence-electron chi connectivity index (χ2n) is 3.33. The van der Waals surface area contributed by atoms with E-state index >= 15 is 0 Å². The fourth-order valence-corrected chi connectivity index (χ4v) is 2.20. The molecule has 0 spiro atoms. The third-order valence-corrected chi connectivity index (χ3v) is 3.81. The molecule has 1 amide bonds. The molecule has 1 rings (SSSR count). The van der Waals surface area contributed by atoms with Crippen molar-refractivity contribution in [2.75, 3.05) is 5.33 Å². The summed E-state index contributed by atoms with van der Waals surface area (Å²) < 4.78 is 0. The van der Waals surface area contributed by atoms with Crippen LogP contribution in [0.1, 0.15) is 23.7 Å². The fourth-order valence-electron chi connectivity index (χ4n) is 1.19. The van der Waals surface area contributed by atoms with Gasteiger partial charge in [0.15, 0.2) is 0 Å². The van der Waals surface area contributed by atoms with Crippen LogP contribution in [0.2, 0.25) is 10.0 Å². The van der Waals surface area contributed by atoms with Crippen LogP contribution < -0.4 is 5.32 Å². The van der Waals surface area contributed by atoms with E-state index in [1.807, 2.05) is 6.92 Å². The van der Waals surface area contributed by atoms with Gasteiger partial charge in [0.2, 0.25) is 0 Å². The largest absolute Gasteiger partial charge is 0.348 e. The number of benzene rings is 1. The summed E-state index contributed by atoms with van der Waals surface area (Å²) in [6, 6.07) is 5.12. The summed E-state index contributed by atoms with van der Waals surface area (Å²) in [5, 5.41) is 4.27. The van der Waals surface area contributed by atoms with Crippen molar-refractivity contribution in [3.8, 4) is 0 Å². The molecule has 1 N–H and O–H groups in total. The van der Waals surface area contributed by atoms with Crippen molar-refractivity contribution >= 4 is 45.0 Å². The summed E-state index contributed by atoms with van der Waals surface area (Å²) in [6.45, 7) is 2.01. The van der Waals surface area contributed by atoms with E-state index in [0.29, 0.717) is 20.9 Å². The number of alkyl halides is 1. The van der Waals surface area contributed by atoms with Crippen molar-refractivity contribution in [3.63, 3.8) is 0 Å². The van der Waals surface area contributed by atoms with Crippen molar-refractivity contribution in [1.82, 2.24) is 5.32 Å². The molecule has 0 radical (unpaired) electrons. The minimum atomic E-state index is -0.196. The van der Waals surface area contributed by atoms with Gasteiger partial charge < -0.3 is 5.32 Å². The van der Waals surface area contributed by atoms with Gasteiger partial charge >= 0.3 is 0 Å². The minimum absolute atomic E-state index is 0.0996. The first kappa shape index (κ1) is 13.8. The van der Waals surface area contributed by atoms with Crippen LogP contribution in [0.15, 0.2) is 18.2 Å². The summed E-state index contributed by atoms with van der Waals surface area (Å²) in [7, 11) is 0. The summed E-state index contributed by atoms with van der Waals surface area (Å²) >= 11 is 15.1. The van der Waals surface area contributed by atoms with Gasteiger partial charge in [0.25, 0.3) is 5.91 Å². The zero-order valence-electron chi connectivity index (χ0n) is 8.77. The van der Waals surface area contributed by atoms with Gasteiger partial charge in [0.1, 0.15) is 0 Å². The Morgan fingerprint density at radius 3 is 2.75 bits per heavy atom. The van der Waals surface area contributed by atoms with E-state index in [4.69, 9.17) is 23.2 Å². The Balaban J connectivity index is 2.84. The highest BCUT2D eigenvalue weighted by Gasteiger charge is 2.15. The van der Waals surface area contributed by atoms with Crippen LogP contribution >= 0.6 is 39.1 Å². The van der Waals surface area contributed by atoms with Crippen molar-refractivity contribution < 1.29 is 4.79 Å². The van der Waals surface area contributed by atoms with Gasteiger partial charge in [-0.05, 0) is 18.6 Å². The Morgan fingerprint density at radius 1 is 1.50 bits per heavy atom. The Kier molecular flexibility index (Phi) is 5.59. The molecule has 1 aromatic carbocycles. The molecule has 1 atom stereocenters. The summed E-state index contributed by atoms with van der Waals surface area (Å²) in [6.07, 6.45) is 0.856. The zero-order chi connectivity index (χ0) is 12.1. The maximum atomic E-state index is 11.9. The van der Waals surface area contributed by atoms with Crippen LogP contribution in [0.25, 0.3) is 0 Å². The number of nitrogens with one attached hydrogen (secondary N) is 1. The molecule has 0 saturated heterocycles. The molecule has 1 aromatic rings. The smallest absolute Gasteiger partial charge is 0.253 e. The van der Waals surface area contributed by atoms with Gasteiger partial charge in [-0.2, -0.15) is 0 Å². The fraction of sp³-hybridized carbons (Fsp3) is 0.364. The predicted molar refractivity (Wildman–Crippen MR) is 71.8 cm³/mol. The average molecular weight is 325 g/mol. The number of rotatable bonds is 4. The lowest BCUT2D eigenvalue weighted by atomic mass is 10.2. The second kappa shape index (κ2) is 6.48.